The number of aliphatic carboxylic acids is 1. The van der Waals surface area contributed by atoms with Crippen molar-refractivity contribution in [1.82, 2.24) is 9.55 Å². The van der Waals surface area contributed by atoms with Gasteiger partial charge in [-0.15, -0.1) is 0 Å². The third kappa shape index (κ3) is 3.09. The van der Waals surface area contributed by atoms with Crippen molar-refractivity contribution in [3.05, 3.63) is 26.4 Å². The van der Waals surface area contributed by atoms with Crippen molar-refractivity contribution in [2.24, 2.45) is 0 Å². The number of carbonyl (C=O) groups is 1. The van der Waals surface area contributed by atoms with Crippen LogP contribution in [0.1, 0.15) is 12.8 Å². The lowest BCUT2D eigenvalue weighted by molar-refractivity contribution is -0.137. The third-order valence-corrected chi connectivity index (χ3v) is 2.39. The summed E-state index contributed by atoms with van der Waals surface area (Å²) in [5.74, 6) is -0.850. The average molecular weight is 308 g/mol. The first-order chi connectivity index (χ1) is 6.61. The number of nitrogens with zero attached hydrogens (tertiary/aromatic N) is 2. The molecule has 76 valence electrons. The van der Waals surface area contributed by atoms with Gasteiger partial charge in [-0.25, -0.2) is 4.98 Å². The predicted octanol–water partition coefficient (Wildman–Crippen LogP) is 0.713. The molecule has 0 spiro atoms. The Labute approximate surface area is 93.9 Å². The van der Waals surface area contributed by atoms with E-state index in [9.17, 15) is 9.59 Å². The highest BCUT2D eigenvalue weighted by molar-refractivity contribution is 14.1. The molecule has 0 saturated heterocycles. The number of carboxylic acids is 1. The van der Waals surface area contributed by atoms with Gasteiger partial charge in [-0.3, -0.25) is 14.2 Å². The van der Waals surface area contributed by atoms with Crippen LogP contribution in [-0.4, -0.2) is 20.6 Å². The molecule has 0 amide bonds. The van der Waals surface area contributed by atoms with Crippen LogP contribution in [0.5, 0.6) is 0 Å². The zero-order valence-corrected chi connectivity index (χ0v) is 9.47. The lowest BCUT2D eigenvalue weighted by Crippen LogP contribution is -2.22. The summed E-state index contributed by atoms with van der Waals surface area (Å²) in [6.07, 6.45) is 3.41. The summed E-state index contributed by atoms with van der Waals surface area (Å²) in [5, 5.41) is 8.41. The SMILES string of the molecule is O=C(O)CCCn1cncc(I)c1=O. The summed E-state index contributed by atoms with van der Waals surface area (Å²) in [5.41, 5.74) is -0.119. The summed E-state index contributed by atoms with van der Waals surface area (Å²) >= 11 is 1.90. The molecule has 0 aliphatic heterocycles. The Bertz CT molecular complexity index is 388. The third-order valence-electron chi connectivity index (χ3n) is 1.65. The van der Waals surface area contributed by atoms with Crippen LogP contribution in [0.15, 0.2) is 17.3 Å². The minimum atomic E-state index is -0.850. The van der Waals surface area contributed by atoms with Crippen LogP contribution in [0.25, 0.3) is 0 Å². The van der Waals surface area contributed by atoms with Crippen molar-refractivity contribution in [3.63, 3.8) is 0 Å². The van der Waals surface area contributed by atoms with E-state index in [0.29, 0.717) is 16.5 Å². The van der Waals surface area contributed by atoms with E-state index in [1.807, 2.05) is 22.6 Å². The predicted molar refractivity (Wildman–Crippen MR) is 58.1 cm³/mol. The van der Waals surface area contributed by atoms with Gasteiger partial charge in [-0.05, 0) is 29.0 Å². The number of aryl methyl sites for hydroxylation is 1. The van der Waals surface area contributed by atoms with Crippen LogP contribution < -0.4 is 5.56 Å². The second-order valence-electron chi connectivity index (χ2n) is 2.74. The molecule has 1 aromatic heterocycles. The van der Waals surface area contributed by atoms with Crippen molar-refractivity contribution in [3.8, 4) is 0 Å². The molecule has 0 radical (unpaired) electrons. The minimum Gasteiger partial charge on any atom is -0.481 e. The van der Waals surface area contributed by atoms with Crippen molar-refractivity contribution in [2.75, 3.05) is 0 Å². The standard InChI is InChI=1S/C8H9IN2O3/c9-6-4-10-5-11(8(6)14)3-1-2-7(12)13/h4-5H,1-3H2,(H,12,13). The summed E-state index contributed by atoms with van der Waals surface area (Å²) in [6, 6.07) is 0. The zero-order valence-electron chi connectivity index (χ0n) is 7.31. The van der Waals surface area contributed by atoms with Gasteiger partial charge in [0.25, 0.3) is 5.56 Å². The van der Waals surface area contributed by atoms with E-state index < -0.39 is 5.97 Å². The quantitative estimate of drug-likeness (QED) is 0.832. The molecule has 0 aliphatic rings. The first-order valence-electron chi connectivity index (χ1n) is 4.03. The molecule has 1 N–H and O–H groups in total. The molecule has 0 aliphatic carbocycles. The second-order valence-corrected chi connectivity index (χ2v) is 3.90. The van der Waals surface area contributed by atoms with Crippen LogP contribution in [0, 0.1) is 3.57 Å². The van der Waals surface area contributed by atoms with Crippen LogP contribution in [-0.2, 0) is 11.3 Å². The monoisotopic (exact) mass is 308 g/mol. The fourth-order valence-corrected chi connectivity index (χ4v) is 1.45. The lowest BCUT2D eigenvalue weighted by Gasteiger charge is -2.02. The highest BCUT2D eigenvalue weighted by Gasteiger charge is 2.01. The minimum absolute atomic E-state index is 0.0674. The summed E-state index contributed by atoms with van der Waals surface area (Å²) in [4.78, 5) is 25.5. The molecule has 1 aromatic rings. The Kier molecular flexibility index (Phi) is 4.05. The first-order valence-corrected chi connectivity index (χ1v) is 5.11. The number of aromatic nitrogens is 2. The van der Waals surface area contributed by atoms with Crippen molar-refractivity contribution in [2.45, 2.75) is 19.4 Å². The largest absolute Gasteiger partial charge is 0.481 e. The Balaban J connectivity index is 2.64. The molecule has 5 nitrogen and oxygen atoms in total. The first kappa shape index (κ1) is 11.2. The molecule has 6 heteroatoms. The average Bonchev–Trinajstić information content (AvgIpc) is 2.12. The molecule has 1 rings (SSSR count). The Morgan fingerprint density at radius 2 is 2.36 bits per heavy atom. The summed E-state index contributed by atoms with van der Waals surface area (Å²) in [7, 11) is 0. The normalized spacial score (nSPS) is 10.1. The lowest BCUT2D eigenvalue weighted by atomic mass is 10.3. The van der Waals surface area contributed by atoms with Gasteiger partial charge >= 0.3 is 5.97 Å². The molecule has 0 atom stereocenters. The number of rotatable bonds is 4. The van der Waals surface area contributed by atoms with Gasteiger partial charge in [-0.1, -0.05) is 0 Å². The van der Waals surface area contributed by atoms with Crippen LogP contribution >= 0.6 is 22.6 Å². The van der Waals surface area contributed by atoms with Crippen molar-refractivity contribution < 1.29 is 9.90 Å². The number of halogens is 1. The topological polar surface area (TPSA) is 72.2 Å². The van der Waals surface area contributed by atoms with E-state index >= 15 is 0 Å². The molecule has 0 unspecified atom stereocenters. The maximum atomic E-state index is 11.4. The molecule has 0 aromatic carbocycles. The van der Waals surface area contributed by atoms with Gasteiger partial charge in [0.2, 0.25) is 0 Å². The number of hydrogen-bond donors (Lipinski definition) is 1. The number of hydrogen-bond acceptors (Lipinski definition) is 3. The van der Waals surface area contributed by atoms with Gasteiger partial charge in [0.05, 0.1) is 9.90 Å². The summed E-state index contributed by atoms with van der Waals surface area (Å²) < 4.78 is 1.96. The molecule has 0 saturated carbocycles. The van der Waals surface area contributed by atoms with Gasteiger partial charge in [-0.2, -0.15) is 0 Å². The van der Waals surface area contributed by atoms with E-state index in [2.05, 4.69) is 4.98 Å². The maximum absolute atomic E-state index is 11.4. The molecule has 0 bridgehead atoms. The fraction of sp³-hybridized carbons (Fsp3) is 0.375. The fourth-order valence-electron chi connectivity index (χ4n) is 0.984. The van der Waals surface area contributed by atoms with Gasteiger partial charge < -0.3 is 5.11 Å². The van der Waals surface area contributed by atoms with Gasteiger partial charge in [0.15, 0.2) is 0 Å². The zero-order chi connectivity index (χ0) is 10.6. The Morgan fingerprint density at radius 3 is 3.00 bits per heavy atom. The molecular formula is C8H9IN2O3. The van der Waals surface area contributed by atoms with E-state index in [1.165, 1.54) is 17.1 Å². The van der Waals surface area contributed by atoms with E-state index in [4.69, 9.17) is 5.11 Å². The molecule has 14 heavy (non-hydrogen) atoms. The van der Waals surface area contributed by atoms with Crippen molar-refractivity contribution in [1.29, 1.82) is 0 Å². The highest BCUT2D eigenvalue weighted by atomic mass is 127. The Morgan fingerprint density at radius 1 is 1.64 bits per heavy atom. The molecule has 1 heterocycles. The van der Waals surface area contributed by atoms with Crippen LogP contribution in [0.2, 0.25) is 0 Å². The Hall–Kier alpha value is -0.920. The van der Waals surface area contributed by atoms with Crippen LogP contribution in [0.4, 0.5) is 0 Å². The van der Waals surface area contributed by atoms with E-state index in [0.717, 1.165) is 0 Å². The molecular weight excluding hydrogens is 299 g/mol. The van der Waals surface area contributed by atoms with Crippen LogP contribution in [0.3, 0.4) is 0 Å². The van der Waals surface area contributed by atoms with Gasteiger partial charge in [0.1, 0.15) is 0 Å². The maximum Gasteiger partial charge on any atom is 0.303 e. The summed E-state index contributed by atoms with van der Waals surface area (Å²) in [6.45, 7) is 0.398. The van der Waals surface area contributed by atoms with E-state index in [1.54, 1.807) is 0 Å². The number of carboxylic acid groups (broad SMARTS) is 1. The van der Waals surface area contributed by atoms with Gasteiger partial charge in [0, 0.05) is 19.2 Å². The van der Waals surface area contributed by atoms with E-state index in [-0.39, 0.29) is 12.0 Å². The second kappa shape index (κ2) is 5.08. The highest BCUT2D eigenvalue weighted by Crippen LogP contribution is 1.96. The molecule has 0 fully saturated rings. The van der Waals surface area contributed by atoms with Crippen molar-refractivity contribution >= 4 is 28.6 Å². The smallest absolute Gasteiger partial charge is 0.303 e.